The minimum atomic E-state index is 0.305. The van der Waals surface area contributed by atoms with Crippen molar-refractivity contribution in [3.8, 4) is 0 Å². The van der Waals surface area contributed by atoms with Crippen molar-refractivity contribution in [2.45, 2.75) is 52.5 Å². The molecule has 0 rings (SSSR count). The Morgan fingerprint density at radius 3 is 2.38 bits per heavy atom. The van der Waals surface area contributed by atoms with Crippen molar-refractivity contribution in [3.05, 3.63) is 0 Å². The Balaban J connectivity index is 3.28. The van der Waals surface area contributed by atoms with E-state index in [1.165, 1.54) is 12.8 Å². The summed E-state index contributed by atoms with van der Waals surface area (Å²) < 4.78 is 5.50. The zero-order chi connectivity index (χ0) is 10.1. The Morgan fingerprint density at radius 2 is 1.92 bits per heavy atom. The second-order valence-corrected chi connectivity index (χ2v) is 3.78. The standard InChI is InChI=1S/C11H25NO/c1-4-6-8-13-9-7-11(5-2)10(3)12/h10-11H,4-9,12H2,1-3H3. The van der Waals surface area contributed by atoms with Crippen LogP contribution in [0.2, 0.25) is 0 Å². The van der Waals surface area contributed by atoms with Crippen LogP contribution in [0.1, 0.15) is 46.5 Å². The molecule has 0 aliphatic carbocycles. The van der Waals surface area contributed by atoms with Crippen molar-refractivity contribution in [2.75, 3.05) is 13.2 Å². The Morgan fingerprint density at radius 1 is 1.23 bits per heavy atom. The first-order chi connectivity index (χ1) is 6.22. The highest BCUT2D eigenvalue weighted by molar-refractivity contribution is 4.66. The average molecular weight is 187 g/mol. The van der Waals surface area contributed by atoms with Gasteiger partial charge in [0.05, 0.1) is 0 Å². The van der Waals surface area contributed by atoms with Gasteiger partial charge in [0.15, 0.2) is 0 Å². The molecule has 2 atom stereocenters. The van der Waals surface area contributed by atoms with Crippen LogP contribution in [0.25, 0.3) is 0 Å². The summed E-state index contributed by atoms with van der Waals surface area (Å²) >= 11 is 0. The van der Waals surface area contributed by atoms with Crippen molar-refractivity contribution in [1.82, 2.24) is 0 Å². The monoisotopic (exact) mass is 187 g/mol. The minimum absolute atomic E-state index is 0.305. The predicted octanol–water partition coefficient (Wildman–Crippen LogP) is 2.57. The fraction of sp³-hybridized carbons (Fsp3) is 1.00. The molecule has 0 saturated heterocycles. The number of hydrogen-bond donors (Lipinski definition) is 1. The zero-order valence-electron chi connectivity index (χ0n) is 9.38. The average Bonchev–Trinajstić information content (AvgIpc) is 2.10. The fourth-order valence-corrected chi connectivity index (χ4v) is 1.42. The molecule has 0 aromatic rings. The van der Waals surface area contributed by atoms with Gasteiger partial charge in [-0.25, -0.2) is 0 Å². The summed E-state index contributed by atoms with van der Waals surface area (Å²) in [7, 11) is 0. The van der Waals surface area contributed by atoms with E-state index in [4.69, 9.17) is 10.5 Å². The molecule has 0 aromatic carbocycles. The summed E-state index contributed by atoms with van der Waals surface area (Å²) in [6.45, 7) is 8.24. The van der Waals surface area contributed by atoms with Gasteiger partial charge in [-0.05, 0) is 25.7 Å². The van der Waals surface area contributed by atoms with E-state index >= 15 is 0 Å². The molecule has 0 bridgehead atoms. The first-order valence-corrected chi connectivity index (χ1v) is 5.55. The first kappa shape index (κ1) is 12.9. The van der Waals surface area contributed by atoms with Gasteiger partial charge in [0, 0.05) is 19.3 Å². The molecule has 0 saturated carbocycles. The third-order valence-electron chi connectivity index (χ3n) is 2.54. The van der Waals surface area contributed by atoms with Crippen molar-refractivity contribution >= 4 is 0 Å². The largest absolute Gasteiger partial charge is 0.381 e. The lowest BCUT2D eigenvalue weighted by atomic mass is 9.96. The molecule has 2 N–H and O–H groups in total. The van der Waals surface area contributed by atoms with Gasteiger partial charge in [-0.3, -0.25) is 0 Å². The van der Waals surface area contributed by atoms with E-state index in [0.29, 0.717) is 12.0 Å². The van der Waals surface area contributed by atoms with Crippen LogP contribution in [0.4, 0.5) is 0 Å². The van der Waals surface area contributed by atoms with E-state index in [0.717, 1.165) is 26.1 Å². The fourth-order valence-electron chi connectivity index (χ4n) is 1.42. The molecule has 0 amide bonds. The highest BCUT2D eigenvalue weighted by Gasteiger charge is 2.10. The van der Waals surface area contributed by atoms with Gasteiger partial charge in [0.2, 0.25) is 0 Å². The lowest BCUT2D eigenvalue weighted by Crippen LogP contribution is -2.27. The van der Waals surface area contributed by atoms with Crippen molar-refractivity contribution in [3.63, 3.8) is 0 Å². The molecule has 0 aliphatic heterocycles. The Hall–Kier alpha value is -0.0800. The summed E-state index contributed by atoms with van der Waals surface area (Å²) in [5.74, 6) is 0.627. The molecule has 2 heteroatoms. The molecule has 0 fully saturated rings. The molecule has 0 spiro atoms. The van der Waals surface area contributed by atoms with Crippen LogP contribution < -0.4 is 5.73 Å². The van der Waals surface area contributed by atoms with Gasteiger partial charge in [0.1, 0.15) is 0 Å². The molecule has 2 nitrogen and oxygen atoms in total. The molecular formula is C11H25NO. The number of ether oxygens (including phenoxy) is 1. The lowest BCUT2D eigenvalue weighted by Gasteiger charge is -2.18. The molecule has 0 radical (unpaired) electrons. The van der Waals surface area contributed by atoms with Gasteiger partial charge in [-0.15, -0.1) is 0 Å². The van der Waals surface area contributed by atoms with Crippen LogP contribution in [0.3, 0.4) is 0 Å². The molecule has 0 aromatic heterocycles. The molecule has 13 heavy (non-hydrogen) atoms. The van der Waals surface area contributed by atoms with E-state index in [1.54, 1.807) is 0 Å². The normalized spacial score (nSPS) is 15.7. The SMILES string of the molecule is CCCCOCCC(CC)C(C)N. The first-order valence-electron chi connectivity index (χ1n) is 5.55. The highest BCUT2D eigenvalue weighted by atomic mass is 16.5. The quantitative estimate of drug-likeness (QED) is 0.593. The van der Waals surface area contributed by atoms with Crippen molar-refractivity contribution in [2.24, 2.45) is 11.7 Å². The summed E-state index contributed by atoms with van der Waals surface area (Å²) in [5, 5.41) is 0. The molecule has 0 heterocycles. The maximum Gasteiger partial charge on any atom is 0.0469 e. The maximum absolute atomic E-state index is 5.83. The van der Waals surface area contributed by atoms with E-state index in [1.807, 2.05) is 0 Å². The van der Waals surface area contributed by atoms with Crippen LogP contribution in [-0.2, 0) is 4.74 Å². The van der Waals surface area contributed by atoms with E-state index < -0.39 is 0 Å². The summed E-state index contributed by atoms with van der Waals surface area (Å²) in [4.78, 5) is 0. The maximum atomic E-state index is 5.83. The van der Waals surface area contributed by atoms with Crippen LogP contribution >= 0.6 is 0 Å². The third kappa shape index (κ3) is 7.03. The molecule has 0 aliphatic rings. The van der Waals surface area contributed by atoms with E-state index in [-0.39, 0.29) is 0 Å². The highest BCUT2D eigenvalue weighted by Crippen LogP contribution is 2.11. The molecular weight excluding hydrogens is 162 g/mol. The van der Waals surface area contributed by atoms with E-state index in [9.17, 15) is 0 Å². The Bertz CT molecular complexity index is 104. The predicted molar refractivity (Wildman–Crippen MR) is 57.8 cm³/mol. The summed E-state index contributed by atoms with van der Waals surface area (Å²) in [5.41, 5.74) is 5.83. The second-order valence-electron chi connectivity index (χ2n) is 3.78. The van der Waals surface area contributed by atoms with Crippen molar-refractivity contribution < 1.29 is 4.74 Å². The number of unbranched alkanes of at least 4 members (excludes halogenated alkanes) is 1. The van der Waals surface area contributed by atoms with Crippen LogP contribution in [-0.4, -0.2) is 19.3 Å². The van der Waals surface area contributed by atoms with Crippen LogP contribution in [0.5, 0.6) is 0 Å². The van der Waals surface area contributed by atoms with Crippen LogP contribution in [0, 0.1) is 5.92 Å². The number of rotatable bonds is 8. The lowest BCUT2D eigenvalue weighted by molar-refractivity contribution is 0.114. The second kappa shape index (κ2) is 8.52. The third-order valence-corrected chi connectivity index (χ3v) is 2.54. The molecule has 2 unspecified atom stereocenters. The Kier molecular flexibility index (Phi) is 8.46. The van der Waals surface area contributed by atoms with Gasteiger partial charge >= 0.3 is 0 Å². The van der Waals surface area contributed by atoms with Gasteiger partial charge in [0.25, 0.3) is 0 Å². The molecule has 80 valence electrons. The zero-order valence-corrected chi connectivity index (χ0v) is 9.38. The van der Waals surface area contributed by atoms with Gasteiger partial charge in [-0.2, -0.15) is 0 Å². The van der Waals surface area contributed by atoms with Crippen LogP contribution in [0.15, 0.2) is 0 Å². The Labute approximate surface area is 82.8 Å². The smallest absolute Gasteiger partial charge is 0.0469 e. The number of nitrogens with two attached hydrogens (primary N) is 1. The van der Waals surface area contributed by atoms with Crippen molar-refractivity contribution in [1.29, 1.82) is 0 Å². The number of hydrogen-bond acceptors (Lipinski definition) is 2. The topological polar surface area (TPSA) is 35.2 Å². The van der Waals surface area contributed by atoms with Gasteiger partial charge in [-0.1, -0.05) is 26.7 Å². The summed E-state index contributed by atoms with van der Waals surface area (Å²) in [6.07, 6.45) is 4.66. The summed E-state index contributed by atoms with van der Waals surface area (Å²) in [6, 6.07) is 0.305. The minimum Gasteiger partial charge on any atom is -0.381 e. The van der Waals surface area contributed by atoms with Gasteiger partial charge < -0.3 is 10.5 Å². The van der Waals surface area contributed by atoms with E-state index in [2.05, 4.69) is 20.8 Å².